The van der Waals surface area contributed by atoms with Crippen LogP contribution in [0.2, 0.25) is 0 Å². The molecule has 1 unspecified atom stereocenters. The second kappa shape index (κ2) is 5.30. The smallest absolute Gasteiger partial charge is 0.335 e. The van der Waals surface area contributed by atoms with E-state index in [-0.39, 0.29) is 11.4 Å². The summed E-state index contributed by atoms with van der Waals surface area (Å²) in [5.41, 5.74) is 1.43. The summed E-state index contributed by atoms with van der Waals surface area (Å²) in [4.78, 5) is 10.9. The summed E-state index contributed by atoms with van der Waals surface area (Å²) in [6.07, 6.45) is 1.71. The number of carboxylic acids is 1. The fraction of sp³-hybridized carbons (Fsp3) is 0.235. The molecular weight excluding hydrogens is 271 g/mol. The first-order chi connectivity index (χ1) is 10.1. The van der Waals surface area contributed by atoms with E-state index in [1.807, 2.05) is 0 Å². The zero-order chi connectivity index (χ0) is 14.9. The van der Waals surface area contributed by atoms with E-state index < -0.39 is 11.6 Å². The minimum Gasteiger partial charge on any atom is -0.478 e. The van der Waals surface area contributed by atoms with E-state index in [0.717, 1.165) is 24.0 Å². The Bertz CT molecular complexity index is 641. The second-order valence-electron chi connectivity index (χ2n) is 5.17. The molecule has 1 saturated heterocycles. The molecule has 0 spiro atoms. The van der Waals surface area contributed by atoms with E-state index in [0.29, 0.717) is 6.61 Å². The van der Waals surface area contributed by atoms with Crippen LogP contribution >= 0.6 is 0 Å². The number of halogens is 1. The molecule has 0 amide bonds. The summed E-state index contributed by atoms with van der Waals surface area (Å²) >= 11 is 0. The Hall–Kier alpha value is -2.20. The third-order valence-corrected chi connectivity index (χ3v) is 3.93. The number of benzene rings is 2. The molecule has 4 heteroatoms. The van der Waals surface area contributed by atoms with Crippen LogP contribution in [-0.2, 0) is 10.3 Å². The van der Waals surface area contributed by atoms with Crippen molar-refractivity contribution in [2.75, 3.05) is 6.61 Å². The average Bonchev–Trinajstić information content (AvgIpc) is 2.99. The molecule has 2 aromatic rings. The Morgan fingerprint density at radius 1 is 1.05 bits per heavy atom. The number of ether oxygens (including phenoxy) is 1. The highest BCUT2D eigenvalue weighted by Crippen LogP contribution is 2.42. The Balaban J connectivity index is 2.04. The van der Waals surface area contributed by atoms with Gasteiger partial charge in [-0.05, 0) is 48.2 Å². The second-order valence-corrected chi connectivity index (χ2v) is 5.17. The quantitative estimate of drug-likeness (QED) is 0.938. The van der Waals surface area contributed by atoms with E-state index in [1.165, 1.54) is 12.1 Å². The summed E-state index contributed by atoms with van der Waals surface area (Å²) < 4.78 is 19.1. The highest BCUT2D eigenvalue weighted by Gasteiger charge is 2.38. The molecule has 1 fully saturated rings. The lowest BCUT2D eigenvalue weighted by Gasteiger charge is -2.29. The van der Waals surface area contributed by atoms with Crippen LogP contribution in [0.3, 0.4) is 0 Å². The van der Waals surface area contributed by atoms with Crippen molar-refractivity contribution in [1.29, 1.82) is 0 Å². The van der Waals surface area contributed by atoms with Crippen LogP contribution in [0.15, 0.2) is 48.5 Å². The summed E-state index contributed by atoms with van der Waals surface area (Å²) in [5, 5.41) is 8.98. The molecule has 1 aliphatic heterocycles. The van der Waals surface area contributed by atoms with Crippen molar-refractivity contribution < 1.29 is 19.0 Å². The van der Waals surface area contributed by atoms with Crippen LogP contribution in [0, 0.1) is 5.82 Å². The molecule has 2 aromatic carbocycles. The Morgan fingerprint density at radius 2 is 1.62 bits per heavy atom. The normalized spacial score (nSPS) is 21.4. The largest absolute Gasteiger partial charge is 0.478 e. The van der Waals surface area contributed by atoms with Gasteiger partial charge in [0.25, 0.3) is 0 Å². The molecule has 0 aromatic heterocycles. The Kier molecular flexibility index (Phi) is 3.47. The van der Waals surface area contributed by atoms with E-state index in [2.05, 4.69) is 0 Å². The van der Waals surface area contributed by atoms with Crippen LogP contribution in [0.25, 0.3) is 0 Å². The van der Waals surface area contributed by atoms with Gasteiger partial charge in [0.2, 0.25) is 0 Å². The first-order valence-electron chi connectivity index (χ1n) is 6.86. The van der Waals surface area contributed by atoms with Gasteiger partial charge in [-0.25, -0.2) is 9.18 Å². The van der Waals surface area contributed by atoms with Crippen molar-refractivity contribution in [3.05, 3.63) is 71.0 Å². The summed E-state index contributed by atoms with van der Waals surface area (Å²) in [7, 11) is 0. The molecule has 108 valence electrons. The monoisotopic (exact) mass is 286 g/mol. The van der Waals surface area contributed by atoms with Crippen molar-refractivity contribution >= 4 is 5.97 Å². The third-order valence-electron chi connectivity index (χ3n) is 3.93. The molecule has 1 atom stereocenters. The molecule has 3 rings (SSSR count). The van der Waals surface area contributed by atoms with Gasteiger partial charge >= 0.3 is 5.97 Å². The zero-order valence-corrected chi connectivity index (χ0v) is 11.4. The predicted molar refractivity (Wildman–Crippen MR) is 75.8 cm³/mol. The zero-order valence-electron chi connectivity index (χ0n) is 11.4. The van der Waals surface area contributed by atoms with E-state index >= 15 is 0 Å². The lowest BCUT2D eigenvalue weighted by Crippen LogP contribution is -2.26. The average molecular weight is 286 g/mol. The van der Waals surface area contributed by atoms with Crippen LogP contribution < -0.4 is 0 Å². The lowest BCUT2D eigenvalue weighted by molar-refractivity contribution is 0.0358. The molecule has 21 heavy (non-hydrogen) atoms. The molecule has 1 aliphatic rings. The maximum Gasteiger partial charge on any atom is 0.335 e. The van der Waals surface area contributed by atoms with E-state index in [4.69, 9.17) is 9.84 Å². The number of hydrogen-bond donors (Lipinski definition) is 1. The highest BCUT2D eigenvalue weighted by atomic mass is 19.1. The fourth-order valence-electron chi connectivity index (χ4n) is 2.86. The molecular formula is C17H15FO3. The van der Waals surface area contributed by atoms with E-state index in [9.17, 15) is 9.18 Å². The standard InChI is InChI=1S/C17H15FO3/c18-15-8-6-14(7-9-15)17(10-1-11-21-17)13-4-2-12(3-5-13)16(19)20/h2-9H,1,10-11H2,(H,19,20). The van der Waals surface area contributed by atoms with E-state index in [1.54, 1.807) is 36.4 Å². The predicted octanol–water partition coefficient (Wildman–Crippen LogP) is 3.58. The molecule has 0 radical (unpaired) electrons. The van der Waals surface area contributed by atoms with Gasteiger partial charge in [-0.1, -0.05) is 24.3 Å². The summed E-state index contributed by atoms with van der Waals surface area (Å²) in [5.74, 6) is -1.24. The maximum atomic E-state index is 13.1. The van der Waals surface area contributed by atoms with Crippen molar-refractivity contribution in [2.45, 2.75) is 18.4 Å². The number of carboxylic acid groups (broad SMARTS) is 1. The van der Waals surface area contributed by atoms with Crippen LogP contribution in [-0.4, -0.2) is 17.7 Å². The van der Waals surface area contributed by atoms with Crippen molar-refractivity contribution in [2.24, 2.45) is 0 Å². The molecule has 1 N–H and O–H groups in total. The number of rotatable bonds is 3. The number of carbonyl (C=O) groups is 1. The number of hydrogen-bond acceptors (Lipinski definition) is 2. The first kappa shape index (κ1) is 13.8. The van der Waals surface area contributed by atoms with Gasteiger partial charge in [-0.3, -0.25) is 0 Å². The summed E-state index contributed by atoms with van der Waals surface area (Å²) in [6.45, 7) is 0.637. The van der Waals surface area contributed by atoms with Crippen molar-refractivity contribution in [1.82, 2.24) is 0 Å². The molecule has 0 aliphatic carbocycles. The lowest BCUT2D eigenvalue weighted by atomic mass is 9.83. The van der Waals surface area contributed by atoms with Crippen molar-refractivity contribution in [3.8, 4) is 0 Å². The highest BCUT2D eigenvalue weighted by molar-refractivity contribution is 5.87. The Morgan fingerprint density at radius 3 is 2.10 bits per heavy atom. The van der Waals surface area contributed by atoms with Crippen LogP contribution in [0.4, 0.5) is 4.39 Å². The topological polar surface area (TPSA) is 46.5 Å². The van der Waals surface area contributed by atoms with Gasteiger partial charge in [0, 0.05) is 6.61 Å². The molecule has 1 heterocycles. The summed E-state index contributed by atoms with van der Waals surface area (Å²) in [6, 6.07) is 13.0. The van der Waals surface area contributed by atoms with Gasteiger partial charge in [0.15, 0.2) is 0 Å². The third kappa shape index (κ3) is 2.43. The van der Waals surface area contributed by atoms with Gasteiger partial charge in [0.1, 0.15) is 11.4 Å². The van der Waals surface area contributed by atoms with Gasteiger partial charge in [-0.15, -0.1) is 0 Å². The van der Waals surface area contributed by atoms with Gasteiger partial charge in [0.05, 0.1) is 5.56 Å². The SMILES string of the molecule is O=C(O)c1ccc(C2(c3ccc(F)cc3)CCCO2)cc1. The fourth-order valence-corrected chi connectivity index (χ4v) is 2.86. The minimum atomic E-state index is -0.954. The van der Waals surface area contributed by atoms with Crippen LogP contribution in [0.1, 0.15) is 34.3 Å². The van der Waals surface area contributed by atoms with Gasteiger partial charge in [-0.2, -0.15) is 0 Å². The minimum absolute atomic E-state index is 0.242. The molecule has 0 bridgehead atoms. The van der Waals surface area contributed by atoms with Crippen LogP contribution in [0.5, 0.6) is 0 Å². The number of aromatic carboxylic acids is 1. The van der Waals surface area contributed by atoms with Gasteiger partial charge < -0.3 is 9.84 Å². The van der Waals surface area contributed by atoms with Crippen molar-refractivity contribution in [3.63, 3.8) is 0 Å². The Labute approximate surface area is 122 Å². The maximum absolute atomic E-state index is 13.1. The first-order valence-corrected chi connectivity index (χ1v) is 6.86. The molecule has 3 nitrogen and oxygen atoms in total. The molecule has 0 saturated carbocycles.